The lowest BCUT2D eigenvalue weighted by Gasteiger charge is -2.47. The van der Waals surface area contributed by atoms with Crippen molar-refractivity contribution in [2.24, 2.45) is 5.41 Å². The predicted molar refractivity (Wildman–Crippen MR) is 173 cm³/mol. The fourth-order valence-corrected chi connectivity index (χ4v) is 7.60. The number of para-hydroxylation sites is 1. The van der Waals surface area contributed by atoms with Gasteiger partial charge in [-0.05, 0) is 35.6 Å². The van der Waals surface area contributed by atoms with Gasteiger partial charge in [0.15, 0.2) is 11.5 Å². The average molecular weight is 612 g/mol. The summed E-state index contributed by atoms with van der Waals surface area (Å²) in [6, 6.07) is 18.1. The molecule has 1 fully saturated rings. The summed E-state index contributed by atoms with van der Waals surface area (Å²) in [5.74, 6) is 1.93. The standard InChI is InChI=1S/C36H41N3O6/c1-5-6-9-15-38-27-14-10-12-24(32(27)36(33(38)40)21-43-28-19-30-29(18-25(28)36)44-22-45-30)23-11-7-8-13-26(23)37-16-17-39(34(41)42)31(20-37)35(2,3)4/h7-8,10-14,18-19,31H,5-6,9,15-17,20-22H2,1-4H3,(H,41,42). The molecule has 2 unspecified atom stereocenters. The van der Waals surface area contributed by atoms with Crippen LogP contribution in [0.4, 0.5) is 16.2 Å². The van der Waals surface area contributed by atoms with E-state index in [9.17, 15) is 14.7 Å². The molecule has 9 heteroatoms. The van der Waals surface area contributed by atoms with E-state index in [0.717, 1.165) is 52.9 Å². The second-order valence-electron chi connectivity index (χ2n) is 13.6. The van der Waals surface area contributed by atoms with E-state index in [2.05, 4.69) is 56.9 Å². The monoisotopic (exact) mass is 611 g/mol. The van der Waals surface area contributed by atoms with Crippen LogP contribution in [0.2, 0.25) is 0 Å². The maximum atomic E-state index is 14.8. The minimum Gasteiger partial charge on any atom is -0.491 e. The Bertz CT molecular complexity index is 1660. The number of fused-ring (bicyclic) bond motifs is 5. The molecule has 4 heterocycles. The van der Waals surface area contributed by atoms with Gasteiger partial charge in [-0.25, -0.2) is 4.79 Å². The van der Waals surface area contributed by atoms with E-state index in [1.165, 1.54) is 0 Å². The lowest BCUT2D eigenvalue weighted by molar-refractivity contribution is -0.122. The van der Waals surface area contributed by atoms with Crippen molar-refractivity contribution in [2.45, 2.75) is 58.4 Å². The molecule has 0 bridgehead atoms. The van der Waals surface area contributed by atoms with Gasteiger partial charge in [0.1, 0.15) is 17.8 Å². The van der Waals surface area contributed by atoms with Crippen LogP contribution in [0.1, 0.15) is 58.1 Å². The third-order valence-electron chi connectivity index (χ3n) is 9.89. The third kappa shape index (κ3) is 4.58. The smallest absolute Gasteiger partial charge is 0.407 e. The van der Waals surface area contributed by atoms with Gasteiger partial charge in [-0.2, -0.15) is 0 Å². The number of carbonyl (C=O) groups excluding carboxylic acids is 1. The van der Waals surface area contributed by atoms with Gasteiger partial charge in [0.2, 0.25) is 12.7 Å². The van der Waals surface area contributed by atoms with Gasteiger partial charge in [-0.3, -0.25) is 4.79 Å². The predicted octanol–water partition coefficient (Wildman–Crippen LogP) is 6.51. The Morgan fingerprint density at radius 1 is 0.933 bits per heavy atom. The lowest BCUT2D eigenvalue weighted by Crippen LogP contribution is -2.59. The number of rotatable bonds is 6. The Balaban J connectivity index is 1.38. The first-order valence-corrected chi connectivity index (χ1v) is 16.0. The van der Waals surface area contributed by atoms with Crippen molar-refractivity contribution in [2.75, 3.05) is 49.4 Å². The van der Waals surface area contributed by atoms with Crippen LogP contribution in [0, 0.1) is 5.41 Å². The molecule has 1 N–H and O–H groups in total. The number of ether oxygens (including phenoxy) is 3. The number of hydrogen-bond donors (Lipinski definition) is 1. The molecule has 0 aromatic heterocycles. The highest BCUT2D eigenvalue weighted by molar-refractivity contribution is 6.14. The van der Waals surface area contributed by atoms with Crippen molar-refractivity contribution >= 4 is 23.4 Å². The SMILES string of the molecule is CCCCCN1C(=O)C2(COc3cc4c(cc32)OCO4)c2c(-c3ccccc3N3CCN(C(=O)O)C(C(C)(C)C)C3)cccc21. The Morgan fingerprint density at radius 2 is 1.67 bits per heavy atom. The van der Waals surface area contributed by atoms with Crippen LogP contribution in [0.15, 0.2) is 54.6 Å². The highest BCUT2D eigenvalue weighted by Gasteiger charge is 2.58. The van der Waals surface area contributed by atoms with Crippen molar-refractivity contribution < 1.29 is 28.9 Å². The number of piperazine rings is 1. The Morgan fingerprint density at radius 3 is 2.42 bits per heavy atom. The average Bonchev–Trinajstić information content (AvgIpc) is 3.71. The maximum absolute atomic E-state index is 14.8. The van der Waals surface area contributed by atoms with Crippen LogP contribution in [0.25, 0.3) is 11.1 Å². The normalized spacial score (nSPS) is 21.7. The van der Waals surface area contributed by atoms with Gasteiger partial charge < -0.3 is 34.0 Å². The number of hydrogen-bond acceptors (Lipinski definition) is 6. The number of nitrogens with zero attached hydrogens (tertiary/aromatic N) is 3. The zero-order valence-electron chi connectivity index (χ0n) is 26.5. The lowest BCUT2D eigenvalue weighted by atomic mass is 9.74. The Kier molecular flexibility index (Phi) is 7.10. The van der Waals surface area contributed by atoms with E-state index in [-0.39, 0.29) is 30.8 Å². The minimum absolute atomic E-state index is 0.0269. The number of amides is 2. The van der Waals surface area contributed by atoms with Crippen molar-refractivity contribution in [1.29, 1.82) is 0 Å². The fourth-order valence-electron chi connectivity index (χ4n) is 7.60. The quantitative estimate of drug-likeness (QED) is 0.318. The van der Waals surface area contributed by atoms with Crippen LogP contribution in [0.5, 0.6) is 17.2 Å². The molecule has 2 amide bonds. The summed E-state index contributed by atoms with van der Waals surface area (Å²) in [7, 11) is 0. The van der Waals surface area contributed by atoms with Crippen LogP contribution in [-0.4, -0.2) is 67.6 Å². The molecule has 45 heavy (non-hydrogen) atoms. The van der Waals surface area contributed by atoms with E-state index < -0.39 is 11.5 Å². The summed E-state index contributed by atoms with van der Waals surface area (Å²) in [6.45, 7) is 11.0. The summed E-state index contributed by atoms with van der Waals surface area (Å²) in [5, 5.41) is 9.99. The van der Waals surface area contributed by atoms with Gasteiger partial charge in [0.25, 0.3) is 0 Å². The molecule has 0 radical (unpaired) electrons. The molecule has 4 aliphatic rings. The molecule has 0 saturated carbocycles. The first kappa shape index (κ1) is 29.3. The molecule has 236 valence electrons. The maximum Gasteiger partial charge on any atom is 0.407 e. The van der Waals surface area contributed by atoms with Crippen LogP contribution in [0.3, 0.4) is 0 Å². The summed E-state index contributed by atoms with van der Waals surface area (Å²) < 4.78 is 17.8. The van der Waals surface area contributed by atoms with Gasteiger partial charge in [-0.15, -0.1) is 0 Å². The van der Waals surface area contributed by atoms with E-state index in [4.69, 9.17) is 14.2 Å². The van der Waals surface area contributed by atoms with Crippen molar-refractivity contribution in [1.82, 2.24) is 4.90 Å². The largest absolute Gasteiger partial charge is 0.491 e. The van der Waals surface area contributed by atoms with Gasteiger partial charge in [0.05, 0.1) is 6.04 Å². The van der Waals surface area contributed by atoms with Gasteiger partial charge >= 0.3 is 6.09 Å². The molecule has 1 saturated heterocycles. The van der Waals surface area contributed by atoms with E-state index in [1.807, 2.05) is 35.2 Å². The van der Waals surface area contributed by atoms with Crippen LogP contribution in [-0.2, 0) is 10.2 Å². The first-order valence-electron chi connectivity index (χ1n) is 16.0. The molecular formula is C36H41N3O6. The molecule has 7 rings (SSSR count). The molecule has 3 aromatic rings. The number of carbonyl (C=O) groups is 2. The van der Waals surface area contributed by atoms with E-state index in [0.29, 0.717) is 43.4 Å². The van der Waals surface area contributed by atoms with Crippen molar-refractivity contribution in [3.05, 3.63) is 65.7 Å². The zero-order chi connectivity index (χ0) is 31.5. The first-order chi connectivity index (χ1) is 21.6. The number of carboxylic acid groups (broad SMARTS) is 1. The molecular weight excluding hydrogens is 570 g/mol. The molecule has 9 nitrogen and oxygen atoms in total. The highest BCUT2D eigenvalue weighted by Crippen LogP contribution is 2.58. The fraction of sp³-hybridized carbons (Fsp3) is 0.444. The number of unbranched alkanes of at least 4 members (excludes halogenated alkanes) is 2. The zero-order valence-corrected chi connectivity index (χ0v) is 26.5. The van der Waals surface area contributed by atoms with E-state index in [1.54, 1.807) is 4.90 Å². The van der Waals surface area contributed by atoms with Crippen molar-refractivity contribution in [3.63, 3.8) is 0 Å². The second-order valence-corrected chi connectivity index (χ2v) is 13.6. The molecule has 3 aromatic carbocycles. The minimum atomic E-state index is -1.03. The summed E-state index contributed by atoms with van der Waals surface area (Å²) in [5.41, 5.74) is 4.43. The van der Waals surface area contributed by atoms with Crippen LogP contribution >= 0.6 is 0 Å². The topological polar surface area (TPSA) is 91.8 Å². The van der Waals surface area contributed by atoms with Crippen LogP contribution < -0.4 is 24.0 Å². The van der Waals surface area contributed by atoms with E-state index >= 15 is 0 Å². The number of benzene rings is 3. The molecule has 2 atom stereocenters. The molecule has 0 aliphatic carbocycles. The highest BCUT2D eigenvalue weighted by atomic mass is 16.7. The Labute approximate surface area is 264 Å². The Hall–Kier alpha value is -4.40. The van der Waals surface area contributed by atoms with Gasteiger partial charge in [-0.1, -0.05) is 70.9 Å². The van der Waals surface area contributed by atoms with Crippen molar-refractivity contribution in [3.8, 4) is 28.4 Å². The third-order valence-corrected chi connectivity index (χ3v) is 9.89. The summed E-state index contributed by atoms with van der Waals surface area (Å²) >= 11 is 0. The van der Waals surface area contributed by atoms with Gasteiger partial charge in [0, 0.05) is 60.3 Å². The molecule has 1 spiro atoms. The molecule has 4 aliphatic heterocycles. The number of anilines is 2. The summed E-state index contributed by atoms with van der Waals surface area (Å²) in [6.07, 6.45) is 2.13. The summed E-state index contributed by atoms with van der Waals surface area (Å²) in [4.78, 5) is 32.8. The second kappa shape index (κ2) is 10.9.